The van der Waals surface area contributed by atoms with Gasteiger partial charge in [-0.05, 0) is 11.6 Å². The molecule has 1 amide bonds. The van der Waals surface area contributed by atoms with E-state index in [0.717, 1.165) is 22.4 Å². The zero-order valence-corrected chi connectivity index (χ0v) is 15.6. The number of hydrogen-bond acceptors (Lipinski definition) is 4. The summed E-state index contributed by atoms with van der Waals surface area (Å²) in [4.78, 5) is 23.5. The molecule has 4 aromatic rings. The fraction of sp³-hybridized carbons (Fsp3) is 0.0909. The molecule has 0 atom stereocenters. The third-order valence-electron chi connectivity index (χ3n) is 4.42. The Morgan fingerprint density at radius 3 is 2.38 bits per heavy atom. The summed E-state index contributed by atoms with van der Waals surface area (Å²) in [6, 6.07) is 22.6. The van der Waals surface area contributed by atoms with Gasteiger partial charge < -0.3 is 5.32 Å². The van der Waals surface area contributed by atoms with Crippen molar-refractivity contribution in [3.63, 3.8) is 0 Å². The van der Waals surface area contributed by atoms with Gasteiger partial charge in [-0.15, -0.1) is 0 Å². The molecular weight excluding hydrogens is 366 g/mol. The first-order chi connectivity index (χ1) is 14.2. The summed E-state index contributed by atoms with van der Waals surface area (Å²) in [5.41, 5.74) is 3.63. The molecule has 144 valence electrons. The highest BCUT2D eigenvalue weighted by Gasteiger charge is 2.14. The van der Waals surface area contributed by atoms with E-state index in [-0.39, 0.29) is 17.2 Å². The molecule has 4 rings (SSSR count). The molecule has 7 nitrogen and oxygen atoms in total. The quantitative estimate of drug-likeness (QED) is 0.534. The summed E-state index contributed by atoms with van der Waals surface area (Å²) in [6.07, 6.45) is 1.94. The molecule has 0 radical (unpaired) electrons. The van der Waals surface area contributed by atoms with Crippen molar-refractivity contribution in [2.24, 2.45) is 0 Å². The van der Waals surface area contributed by atoms with Gasteiger partial charge in [0.25, 0.3) is 11.5 Å². The Morgan fingerprint density at radius 2 is 1.69 bits per heavy atom. The van der Waals surface area contributed by atoms with Crippen molar-refractivity contribution >= 4 is 5.91 Å². The van der Waals surface area contributed by atoms with E-state index in [1.807, 2.05) is 71.5 Å². The van der Waals surface area contributed by atoms with Crippen LogP contribution in [0.3, 0.4) is 0 Å². The van der Waals surface area contributed by atoms with Crippen LogP contribution in [0.25, 0.3) is 11.3 Å². The van der Waals surface area contributed by atoms with Crippen LogP contribution in [-0.2, 0) is 13.1 Å². The maximum absolute atomic E-state index is 12.4. The van der Waals surface area contributed by atoms with Crippen molar-refractivity contribution in [1.29, 1.82) is 0 Å². The topological polar surface area (TPSA) is 92.7 Å². The molecule has 0 saturated carbocycles. The van der Waals surface area contributed by atoms with Crippen LogP contribution in [0.1, 0.15) is 21.6 Å². The summed E-state index contributed by atoms with van der Waals surface area (Å²) in [5.74, 6) is -0.365. The largest absolute Gasteiger partial charge is 0.346 e. The van der Waals surface area contributed by atoms with E-state index in [9.17, 15) is 9.59 Å². The average Bonchev–Trinajstić information content (AvgIpc) is 3.16. The highest BCUT2D eigenvalue weighted by Crippen LogP contribution is 2.22. The first-order valence-electron chi connectivity index (χ1n) is 9.18. The minimum atomic E-state index is -0.365. The number of amides is 1. The van der Waals surface area contributed by atoms with Crippen LogP contribution in [0, 0.1) is 0 Å². The van der Waals surface area contributed by atoms with Gasteiger partial charge in [0.1, 0.15) is 5.69 Å². The summed E-state index contributed by atoms with van der Waals surface area (Å²) in [7, 11) is 0. The molecule has 0 unspecified atom stereocenters. The normalized spacial score (nSPS) is 10.6. The minimum Gasteiger partial charge on any atom is -0.346 e. The zero-order chi connectivity index (χ0) is 20.1. The maximum Gasteiger partial charge on any atom is 0.271 e. The van der Waals surface area contributed by atoms with Gasteiger partial charge in [0, 0.05) is 29.9 Å². The number of carbonyl (C=O) groups excluding carboxylic acids is 1. The number of carbonyl (C=O) groups is 1. The van der Waals surface area contributed by atoms with Crippen molar-refractivity contribution in [3.05, 3.63) is 106 Å². The molecule has 0 saturated heterocycles. The van der Waals surface area contributed by atoms with E-state index in [4.69, 9.17) is 5.10 Å². The number of H-pyrrole nitrogens is 1. The molecule has 2 aromatic carbocycles. The molecule has 0 bridgehead atoms. The van der Waals surface area contributed by atoms with Crippen molar-refractivity contribution in [2.45, 2.75) is 13.1 Å². The van der Waals surface area contributed by atoms with Crippen LogP contribution in [0.2, 0.25) is 0 Å². The van der Waals surface area contributed by atoms with Crippen LogP contribution in [0.4, 0.5) is 0 Å². The molecule has 0 aliphatic rings. The number of rotatable bonds is 6. The Bertz CT molecular complexity index is 1150. The van der Waals surface area contributed by atoms with Crippen LogP contribution < -0.4 is 10.9 Å². The number of hydrogen-bond donors (Lipinski definition) is 2. The van der Waals surface area contributed by atoms with Crippen molar-refractivity contribution in [2.75, 3.05) is 0 Å². The standard InChI is InChI=1S/C22H19N5O2/c28-20-12-11-19(24-25-20)22(29)23-13-18-15-27(14-16-7-3-1-4-8-16)26-21(18)17-9-5-2-6-10-17/h1-12,15H,13-14H2,(H,23,29)(H,25,28). The Labute approximate surface area is 167 Å². The molecule has 0 spiro atoms. The number of benzene rings is 2. The molecule has 2 heterocycles. The summed E-state index contributed by atoms with van der Waals surface area (Å²) < 4.78 is 1.87. The van der Waals surface area contributed by atoms with Gasteiger partial charge in [-0.25, -0.2) is 5.10 Å². The highest BCUT2D eigenvalue weighted by molar-refractivity contribution is 5.92. The number of nitrogens with zero attached hydrogens (tertiary/aromatic N) is 3. The molecule has 7 heteroatoms. The fourth-order valence-corrected chi connectivity index (χ4v) is 3.02. The lowest BCUT2D eigenvalue weighted by Gasteiger charge is -2.05. The van der Waals surface area contributed by atoms with Crippen LogP contribution >= 0.6 is 0 Å². The first kappa shape index (κ1) is 18.4. The Morgan fingerprint density at radius 1 is 0.966 bits per heavy atom. The van der Waals surface area contributed by atoms with Crippen LogP contribution in [0.15, 0.2) is 83.8 Å². The van der Waals surface area contributed by atoms with Crippen LogP contribution in [0.5, 0.6) is 0 Å². The molecule has 0 fully saturated rings. The predicted molar refractivity (Wildman–Crippen MR) is 109 cm³/mol. The predicted octanol–water partition coefficient (Wildman–Crippen LogP) is 2.61. The lowest BCUT2D eigenvalue weighted by atomic mass is 10.1. The van der Waals surface area contributed by atoms with Crippen molar-refractivity contribution < 1.29 is 4.79 Å². The summed E-state index contributed by atoms with van der Waals surface area (Å²) in [5, 5.41) is 13.6. The molecule has 0 aliphatic heterocycles. The zero-order valence-electron chi connectivity index (χ0n) is 15.6. The number of aromatic amines is 1. The van der Waals surface area contributed by atoms with Gasteiger partial charge in [-0.2, -0.15) is 10.2 Å². The van der Waals surface area contributed by atoms with Gasteiger partial charge in [0.15, 0.2) is 0 Å². The van der Waals surface area contributed by atoms with Crippen LogP contribution in [-0.4, -0.2) is 25.9 Å². The molecule has 0 aliphatic carbocycles. The minimum absolute atomic E-state index is 0.155. The first-order valence-corrected chi connectivity index (χ1v) is 9.18. The SMILES string of the molecule is O=C(NCc1cn(Cc2ccccc2)nc1-c1ccccc1)c1ccc(=O)[nH]n1. The third-order valence-corrected chi connectivity index (χ3v) is 4.42. The van der Waals surface area contributed by atoms with E-state index < -0.39 is 0 Å². The second-order valence-electron chi connectivity index (χ2n) is 6.54. The molecule has 29 heavy (non-hydrogen) atoms. The summed E-state index contributed by atoms with van der Waals surface area (Å²) in [6.45, 7) is 0.925. The van der Waals surface area contributed by atoms with Gasteiger partial charge in [0.2, 0.25) is 0 Å². The van der Waals surface area contributed by atoms with Crippen molar-refractivity contribution in [1.82, 2.24) is 25.3 Å². The van der Waals surface area contributed by atoms with E-state index in [1.165, 1.54) is 12.1 Å². The highest BCUT2D eigenvalue weighted by atomic mass is 16.2. The Hall–Kier alpha value is -4.00. The molecular formula is C22H19N5O2. The van der Waals surface area contributed by atoms with Gasteiger partial charge in [0.05, 0.1) is 12.2 Å². The van der Waals surface area contributed by atoms with E-state index in [1.54, 1.807) is 0 Å². The smallest absolute Gasteiger partial charge is 0.271 e. The lowest BCUT2D eigenvalue weighted by molar-refractivity contribution is 0.0945. The summed E-state index contributed by atoms with van der Waals surface area (Å²) >= 11 is 0. The number of aromatic nitrogens is 4. The Balaban J connectivity index is 1.58. The van der Waals surface area contributed by atoms with Crippen molar-refractivity contribution in [3.8, 4) is 11.3 Å². The fourth-order valence-electron chi connectivity index (χ4n) is 3.02. The Kier molecular flexibility index (Phi) is 5.29. The van der Waals surface area contributed by atoms with E-state index in [2.05, 4.69) is 15.5 Å². The van der Waals surface area contributed by atoms with Gasteiger partial charge in [-0.3, -0.25) is 14.3 Å². The third kappa shape index (κ3) is 4.47. The number of nitrogens with one attached hydrogen (secondary N) is 2. The maximum atomic E-state index is 12.4. The second kappa shape index (κ2) is 8.35. The molecule has 2 aromatic heterocycles. The second-order valence-corrected chi connectivity index (χ2v) is 6.54. The lowest BCUT2D eigenvalue weighted by Crippen LogP contribution is -2.25. The van der Waals surface area contributed by atoms with Gasteiger partial charge in [-0.1, -0.05) is 60.7 Å². The van der Waals surface area contributed by atoms with E-state index >= 15 is 0 Å². The molecule has 2 N–H and O–H groups in total. The van der Waals surface area contributed by atoms with Gasteiger partial charge >= 0.3 is 0 Å². The monoisotopic (exact) mass is 385 g/mol. The van der Waals surface area contributed by atoms with E-state index in [0.29, 0.717) is 13.1 Å². The average molecular weight is 385 g/mol.